The first-order chi connectivity index (χ1) is 17.2. The van der Waals surface area contributed by atoms with Gasteiger partial charge in [-0.15, -0.1) is 0 Å². The molecule has 3 aromatic rings. The number of anilines is 1. The zero-order valence-corrected chi connectivity index (χ0v) is 20.7. The number of imide groups is 1. The molecule has 2 aliphatic heterocycles. The molecule has 1 aromatic heterocycles. The van der Waals surface area contributed by atoms with E-state index in [0.29, 0.717) is 40.1 Å². The van der Waals surface area contributed by atoms with Crippen molar-refractivity contribution in [3.63, 3.8) is 0 Å². The molecule has 8 nitrogen and oxygen atoms in total. The summed E-state index contributed by atoms with van der Waals surface area (Å²) in [6.07, 6.45) is 4.02. The second-order valence-electron chi connectivity index (χ2n) is 9.89. The highest BCUT2D eigenvalue weighted by Crippen LogP contribution is 2.49. The lowest BCUT2D eigenvalue weighted by Crippen LogP contribution is -2.53. The lowest BCUT2D eigenvalue weighted by molar-refractivity contribution is -0.123. The third-order valence-electron chi connectivity index (χ3n) is 7.53. The van der Waals surface area contributed by atoms with Crippen molar-refractivity contribution in [1.82, 2.24) is 9.29 Å². The number of nitrogens with zero attached hydrogens (tertiary/aromatic N) is 4. The van der Waals surface area contributed by atoms with Crippen molar-refractivity contribution in [2.75, 3.05) is 17.2 Å². The van der Waals surface area contributed by atoms with Gasteiger partial charge in [0.05, 0.1) is 34.5 Å². The van der Waals surface area contributed by atoms with Crippen molar-refractivity contribution in [1.29, 1.82) is 5.26 Å². The Morgan fingerprint density at radius 1 is 1.11 bits per heavy atom. The number of benzene rings is 2. The topological polar surface area (TPSA) is 111 Å². The molecular formula is C26H21ClN4O4S. The van der Waals surface area contributed by atoms with Crippen LogP contribution in [0, 0.1) is 16.7 Å². The molecule has 2 amide bonds. The molecule has 0 bridgehead atoms. The molecule has 3 aliphatic rings. The van der Waals surface area contributed by atoms with Crippen molar-refractivity contribution in [3.8, 4) is 6.07 Å². The van der Waals surface area contributed by atoms with Gasteiger partial charge in [0.25, 0.3) is 0 Å². The summed E-state index contributed by atoms with van der Waals surface area (Å²) in [6, 6.07) is 14.5. The van der Waals surface area contributed by atoms with E-state index < -0.39 is 32.7 Å². The summed E-state index contributed by atoms with van der Waals surface area (Å²) in [5.74, 6) is -1.23. The molecule has 0 radical (unpaired) electrons. The fourth-order valence-corrected chi connectivity index (χ4v) is 7.60. The first-order valence-electron chi connectivity index (χ1n) is 11.6. The normalized spacial score (nSPS) is 23.2. The minimum atomic E-state index is -3.88. The number of aromatic nitrogens is 1. The van der Waals surface area contributed by atoms with Crippen LogP contribution >= 0.6 is 11.6 Å². The Morgan fingerprint density at radius 3 is 2.64 bits per heavy atom. The number of rotatable bonds is 4. The van der Waals surface area contributed by atoms with Gasteiger partial charge in [0.2, 0.25) is 21.8 Å². The minimum absolute atomic E-state index is 0.0510. The third-order valence-corrected chi connectivity index (χ3v) is 9.72. The number of amides is 2. The van der Waals surface area contributed by atoms with Gasteiger partial charge in [-0.05, 0) is 36.1 Å². The van der Waals surface area contributed by atoms with Crippen molar-refractivity contribution >= 4 is 49.9 Å². The minimum Gasteiger partial charge on any atom is -0.274 e. The smallest absolute Gasteiger partial charge is 0.246 e. The molecule has 10 heteroatoms. The van der Waals surface area contributed by atoms with Crippen LogP contribution in [0.5, 0.6) is 0 Å². The number of hydrogen-bond acceptors (Lipinski definition) is 6. The van der Waals surface area contributed by atoms with Crippen LogP contribution in [0.2, 0.25) is 5.02 Å². The molecule has 182 valence electrons. The molecule has 36 heavy (non-hydrogen) atoms. The molecule has 6 rings (SSSR count). The number of nitriles is 1. The Morgan fingerprint density at radius 2 is 1.89 bits per heavy atom. The summed E-state index contributed by atoms with van der Waals surface area (Å²) in [4.78, 5) is 33.0. The number of halogens is 1. The number of sulfonamides is 1. The monoisotopic (exact) mass is 520 g/mol. The average molecular weight is 521 g/mol. The SMILES string of the molecule is N#CC1(CS(=O)(=O)N2Cc3ccc(Cl)cc3[C@]3(CC(=O)N(c4cncc5ccccc45)C3=O)C2)CC1. The largest absolute Gasteiger partial charge is 0.274 e. The Bertz CT molecular complexity index is 1610. The standard InChI is InChI=1S/C26H21ClN4O4S/c27-19-6-5-18-13-30(36(34,35)16-25(14-28)7-8-25)15-26(21(18)9-19)10-23(32)31(24(26)33)22-12-29-11-17-3-1-2-4-20(17)22/h1-6,9,11-12H,7-8,10,13,15-16H2/t26-/m0/s1. The molecule has 2 fully saturated rings. The van der Waals surface area contributed by atoms with E-state index in [9.17, 15) is 23.3 Å². The molecule has 1 atom stereocenters. The van der Waals surface area contributed by atoms with Crippen LogP contribution in [0.25, 0.3) is 10.8 Å². The number of carbonyl (C=O) groups is 2. The maximum Gasteiger partial charge on any atom is 0.246 e. The van der Waals surface area contributed by atoms with Crippen LogP contribution in [0.4, 0.5) is 5.69 Å². The summed E-state index contributed by atoms with van der Waals surface area (Å²) in [6.45, 7) is -0.140. The van der Waals surface area contributed by atoms with E-state index in [-0.39, 0.29) is 25.3 Å². The van der Waals surface area contributed by atoms with E-state index in [1.165, 1.54) is 10.5 Å². The molecular weight excluding hydrogens is 500 g/mol. The van der Waals surface area contributed by atoms with Gasteiger partial charge in [-0.3, -0.25) is 14.6 Å². The van der Waals surface area contributed by atoms with Crippen molar-refractivity contribution < 1.29 is 18.0 Å². The summed E-state index contributed by atoms with van der Waals surface area (Å²) in [5.41, 5.74) is -0.748. The van der Waals surface area contributed by atoms with Gasteiger partial charge in [0.1, 0.15) is 0 Å². The zero-order valence-electron chi connectivity index (χ0n) is 19.1. The lowest BCUT2D eigenvalue weighted by atomic mass is 9.74. The molecule has 0 N–H and O–H groups in total. The summed E-state index contributed by atoms with van der Waals surface area (Å²) in [5, 5.41) is 11.3. The fraction of sp³-hybridized carbons (Fsp3) is 0.308. The number of pyridine rings is 1. The predicted molar refractivity (Wildman–Crippen MR) is 133 cm³/mol. The van der Waals surface area contributed by atoms with Crippen LogP contribution in [0.3, 0.4) is 0 Å². The Labute approximate surface area is 213 Å². The highest BCUT2D eigenvalue weighted by Gasteiger charge is 2.58. The average Bonchev–Trinajstić information content (AvgIpc) is 3.58. The quantitative estimate of drug-likeness (QED) is 0.486. The Hall–Kier alpha value is -3.32. The fourth-order valence-electron chi connectivity index (χ4n) is 5.44. The molecule has 1 saturated heterocycles. The lowest BCUT2D eigenvalue weighted by Gasteiger charge is -2.39. The van der Waals surface area contributed by atoms with E-state index in [1.54, 1.807) is 24.4 Å². The van der Waals surface area contributed by atoms with Crippen LogP contribution in [-0.4, -0.2) is 41.8 Å². The second kappa shape index (κ2) is 7.84. The molecule has 0 unspecified atom stereocenters. The van der Waals surface area contributed by atoms with Gasteiger partial charge < -0.3 is 0 Å². The van der Waals surface area contributed by atoms with Crippen LogP contribution < -0.4 is 4.90 Å². The number of carbonyl (C=O) groups excluding carboxylic acids is 2. The van der Waals surface area contributed by atoms with E-state index >= 15 is 0 Å². The van der Waals surface area contributed by atoms with Gasteiger partial charge in [0, 0.05) is 41.5 Å². The predicted octanol–water partition coefficient (Wildman–Crippen LogP) is 3.54. The van der Waals surface area contributed by atoms with Crippen LogP contribution in [0.15, 0.2) is 54.9 Å². The van der Waals surface area contributed by atoms with E-state index in [1.807, 2.05) is 24.3 Å². The summed E-state index contributed by atoms with van der Waals surface area (Å²) < 4.78 is 28.2. The van der Waals surface area contributed by atoms with Gasteiger partial charge in [-0.25, -0.2) is 13.3 Å². The first kappa shape index (κ1) is 23.1. The second-order valence-corrected chi connectivity index (χ2v) is 12.3. The van der Waals surface area contributed by atoms with Crippen LogP contribution in [-0.2, 0) is 31.6 Å². The number of hydrogen-bond donors (Lipinski definition) is 0. The van der Waals surface area contributed by atoms with Crippen LogP contribution in [0.1, 0.15) is 30.4 Å². The van der Waals surface area contributed by atoms with Crippen molar-refractivity contribution in [2.45, 2.75) is 31.2 Å². The highest BCUT2D eigenvalue weighted by molar-refractivity contribution is 7.89. The van der Waals surface area contributed by atoms with Crippen molar-refractivity contribution in [2.24, 2.45) is 5.41 Å². The molecule has 1 aliphatic carbocycles. The Balaban J connectivity index is 1.47. The maximum atomic E-state index is 14.2. The summed E-state index contributed by atoms with van der Waals surface area (Å²) in [7, 11) is -3.88. The zero-order chi connectivity index (χ0) is 25.3. The summed E-state index contributed by atoms with van der Waals surface area (Å²) >= 11 is 6.31. The van der Waals surface area contributed by atoms with Gasteiger partial charge in [-0.1, -0.05) is 41.9 Å². The van der Waals surface area contributed by atoms with E-state index in [4.69, 9.17) is 11.6 Å². The van der Waals surface area contributed by atoms with Gasteiger partial charge >= 0.3 is 0 Å². The first-order valence-corrected chi connectivity index (χ1v) is 13.5. The molecule has 1 spiro atoms. The maximum absolute atomic E-state index is 14.2. The van der Waals surface area contributed by atoms with Crippen molar-refractivity contribution in [3.05, 3.63) is 71.0 Å². The van der Waals surface area contributed by atoms with Gasteiger partial charge in [0.15, 0.2) is 0 Å². The molecule has 1 saturated carbocycles. The molecule has 3 heterocycles. The third kappa shape index (κ3) is 3.44. The van der Waals surface area contributed by atoms with Gasteiger partial charge in [-0.2, -0.15) is 9.57 Å². The molecule has 2 aromatic carbocycles. The highest BCUT2D eigenvalue weighted by atomic mass is 35.5. The van der Waals surface area contributed by atoms with E-state index in [0.717, 1.165) is 10.3 Å². The van der Waals surface area contributed by atoms with E-state index in [2.05, 4.69) is 11.1 Å². The number of fused-ring (bicyclic) bond motifs is 3. The Kier molecular flexibility index (Phi) is 5.03.